The summed E-state index contributed by atoms with van der Waals surface area (Å²) in [4.78, 5) is 14.6. The average molecular weight is 237 g/mol. The lowest BCUT2D eigenvalue weighted by molar-refractivity contribution is -0.126. The molecule has 0 N–H and O–H groups in total. The van der Waals surface area contributed by atoms with Crippen LogP contribution in [0.4, 0.5) is 0 Å². The van der Waals surface area contributed by atoms with Gasteiger partial charge in [-0.3, -0.25) is 4.79 Å². The molecule has 1 aliphatic carbocycles. The first-order valence-electron chi connectivity index (χ1n) is 6.48. The normalized spacial score (nSPS) is 25.5. The standard InChI is InChI=1S/C13H23N3O/c1-13(2,3)11-6-7-12(17)10(9-11)5-4-8-15-16-14/h10-11H,4-9H2,1-3H3/t10-,11+/m1/s1. The number of rotatable bonds is 4. The van der Waals surface area contributed by atoms with Crippen molar-refractivity contribution in [3.8, 4) is 0 Å². The molecule has 17 heavy (non-hydrogen) atoms. The molecule has 1 aliphatic rings. The second-order valence-electron chi connectivity index (χ2n) is 6.10. The number of hydrogen-bond donors (Lipinski definition) is 0. The summed E-state index contributed by atoms with van der Waals surface area (Å²) in [5.74, 6) is 1.25. The molecular weight excluding hydrogens is 214 g/mol. The number of carbonyl (C=O) groups is 1. The van der Waals surface area contributed by atoms with E-state index >= 15 is 0 Å². The van der Waals surface area contributed by atoms with Crippen LogP contribution in [0.3, 0.4) is 0 Å². The highest BCUT2D eigenvalue weighted by atomic mass is 16.1. The van der Waals surface area contributed by atoms with Gasteiger partial charge in [0, 0.05) is 23.8 Å². The number of ketones is 1. The molecule has 1 rings (SSSR count). The van der Waals surface area contributed by atoms with E-state index < -0.39 is 0 Å². The molecule has 0 saturated heterocycles. The van der Waals surface area contributed by atoms with Crippen LogP contribution in [0.2, 0.25) is 0 Å². The Hall–Kier alpha value is -1.02. The van der Waals surface area contributed by atoms with Crippen molar-refractivity contribution in [2.24, 2.45) is 22.4 Å². The largest absolute Gasteiger partial charge is 0.299 e. The molecule has 0 aromatic carbocycles. The molecular formula is C13H23N3O. The third-order valence-corrected chi connectivity index (χ3v) is 3.86. The molecule has 0 bridgehead atoms. The fourth-order valence-electron chi connectivity index (χ4n) is 2.63. The average Bonchev–Trinajstić information content (AvgIpc) is 2.25. The van der Waals surface area contributed by atoms with Gasteiger partial charge in [-0.05, 0) is 42.5 Å². The molecule has 0 aliphatic heterocycles. The van der Waals surface area contributed by atoms with Gasteiger partial charge >= 0.3 is 0 Å². The van der Waals surface area contributed by atoms with E-state index in [4.69, 9.17) is 5.53 Å². The van der Waals surface area contributed by atoms with Gasteiger partial charge in [0.1, 0.15) is 5.78 Å². The summed E-state index contributed by atoms with van der Waals surface area (Å²) in [6.07, 6.45) is 4.49. The molecule has 1 saturated carbocycles. The van der Waals surface area contributed by atoms with Crippen molar-refractivity contribution >= 4 is 5.78 Å². The first-order chi connectivity index (χ1) is 7.95. The molecule has 0 heterocycles. The topological polar surface area (TPSA) is 65.8 Å². The van der Waals surface area contributed by atoms with Crippen molar-refractivity contribution in [2.45, 2.75) is 52.9 Å². The second-order valence-corrected chi connectivity index (χ2v) is 6.10. The number of Topliss-reactive ketones (excluding diaryl/α,β-unsaturated/α-hetero) is 1. The van der Waals surface area contributed by atoms with Gasteiger partial charge in [0.15, 0.2) is 0 Å². The van der Waals surface area contributed by atoms with Crippen LogP contribution in [0.25, 0.3) is 10.4 Å². The Bertz CT molecular complexity index is 313. The van der Waals surface area contributed by atoms with Crippen LogP contribution < -0.4 is 0 Å². The molecule has 1 fully saturated rings. The molecule has 0 spiro atoms. The molecule has 0 radical (unpaired) electrons. The van der Waals surface area contributed by atoms with Crippen molar-refractivity contribution in [2.75, 3.05) is 6.54 Å². The minimum Gasteiger partial charge on any atom is -0.299 e. The van der Waals surface area contributed by atoms with E-state index in [-0.39, 0.29) is 5.92 Å². The SMILES string of the molecule is CC(C)(C)[C@H]1CCC(=O)[C@H](CCCN=[N+]=[N-])C1. The van der Waals surface area contributed by atoms with E-state index in [9.17, 15) is 4.79 Å². The van der Waals surface area contributed by atoms with Gasteiger partial charge in [0.05, 0.1) is 0 Å². The molecule has 0 unspecified atom stereocenters. The lowest BCUT2D eigenvalue weighted by Crippen LogP contribution is -2.32. The van der Waals surface area contributed by atoms with Crippen molar-refractivity contribution < 1.29 is 4.79 Å². The first-order valence-corrected chi connectivity index (χ1v) is 6.48. The number of azide groups is 1. The minimum absolute atomic E-state index is 0.196. The fourth-order valence-corrected chi connectivity index (χ4v) is 2.63. The highest BCUT2D eigenvalue weighted by Crippen LogP contribution is 2.40. The molecule has 0 aromatic heterocycles. The minimum atomic E-state index is 0.196. The maximum absolute atomic E-state index is 11.8. The Morgan fingerprint density at radius 1 is 1.47 bits per heavy atom. The van der Waals surface area contributed by atoms with Gasteiger partial charge in [-0.15, -0.1) is 0 Å². The van der Waals surface area contributed by atoms with E-state index in [1.54, 1.807) is 0 Å². The number of hydrogen-bond acceptors (Lipinski definition) is 2. The summed E-state index contributed by atoms with van der Waals surface area (Å²) in [6.45, 7) is 7.28. The Kier molecular flexibility index (Phi) is 5.01. The highest BCUT2D eigenvalue weighted by molar-refractivity contribution is 5.81. The van der Waals surface area contributed by atoms with E-state index in [0.717, 1.165) is 32.1 Å². The molecule has 2 atom stereocenters. The van der Waals surface area contributed by atoms with E-state index in [2.05, 4.69) is 30.8 Å². The van der Waals surface area contributed by atoms with Crippen LogP contribution in [0, 0.1) is 17.3 Å². The summed E-state index contributed by atoms with van der Waals surface area (Å²) in [7, 11) is 0. The second kappa shape index (κ2) is 6.06. The van der Waals surface area contributed by atoms with Crippen LogP contribution >= 0.6 is 0 Å². The monoisotopic (exact) mass is 237 g/mol. The smallest absolute Gasteiger partial charge is 0.135 e. The van der Waals surface area contributed by atoms with E-state index in [1.807, 2.05) is 0 Å². The predicted molar refractivity (Wildman–Crippen MR) is 68.5 cm³/mol. The first kappa shape index (κ1) is 14.0. The zero-order valence-electron chi connectivity index (χ0n) is 11.1. The summed E-state index contributed by atoms with van der Waals surface area (Å²) in [5.41, 5.74) is 8.49. The zero-order valence-corrected chi connectivity index (χ0v) is 11.1. The third-order valence-electron chi connectivity index (χ3n) is 3.86. The molecule has 96 valence electrons. The predicted octanol–water partition coefficient (Wildman–Crippen LogP) is 4.11. The van der Waals surface area contributed by atoms with Crippen molar-refractivity contribution in [1.82, 2.24) is 0 Å². The summed E-state index contributed by atoms with van der Waals surface area (Å²) in [5, 5.41) is 3.52. The summed E-state index contributed by atoms with van der Waals surface area (Å²) >= 11 is 0. The van der Waals surface area contributed by atoms with Crippen molar-refractivity contribution in [3.05, 3.63) is 10.4 Å². The van der Waals surface area contributed by atoms with E-state index in [0.29, 0.717) is 23.7 Å². The van der Waals surface area contributed by atoms with Crippen LogP contribution in [-0.2, 0) is 4.79 Å². The van der Waals surface area contributed by atoms with Crippen LogP contribution in [0.1, 0.15) is 52.9 Å². The lowest BCUT2D eigenvalue weighted by atomic mass is 9.68. The number of nitrogens with zero attached hydrogens (tertiary/aromatic N) is 3. The van der Waals surface area contributed by atoms with Crippen molar-refractivity contribution in [1.29, 1.82) is 0 Å². The molecule has 4 nitrogen and oxygen atoms in total. The maximum Gasteiger partial charge on any atom is 0.135 e. The molecule has 0 aromatic rings. The Balaban J connectivity index is 2.46. The Morgan fingerprint density at radius 3 is 2.76 bits per heavy atom. The summed E-state index contributed by atoms with van der Waals surface area (Å²) < 4.78 is 0. The van der Waals surface area contributed by atoms with Gasteiger partial charge in [-0.25, -0.2) is 0 Å². The molecule has 4 heteroatoms. The van der Waals surface area contributed by atoms with Gasteiger partial charge < -0.3 is 0 Å². The Morgan fingerprint density at radius 2 is 2.18 bits per heavy atom. The van der Waals surface area contributed by atoms with Crippen LogP contribution in [0.5, 0.6) is 0 Å². The number of carbonyl (C=O) groups excluding carboxylic acids is 1. The zero-order chi connectivity index (χ0) is 12.9. The van der Waals surface area contributed by atoms with Gasteiger partial charge in [0.25, 0.3) is 0 Å². The Labute approximate surface area is 103 Å². The lowest BCUT2D eigenvalue weighted by Gasteiger charge is -2.37. The quantitative estimate of drug-likeness (QED) is 0.314. The van der Waals surface area contributed by atoms with Gasteiger partial charge in [-0.2, -0.15) is 0 Å². The van der Waals surface area contributed by atoms with Crippen LogP contribution in [-0.4, -0.2) is 12.3 Å². The van der Waals surface area contributed by atoms with Gasteiger partial charge in [-0.1, -0.05) is 25.9 Å². The highest BCUT2D eigenvalue weighted by Gasteiger charge is 2.34. The fraction of sp³-hybridized carbons (Fsp3) is 0.923. The third kappa shape index (κ3) is 4.39. The maximum atomic E-state index is 11.8. The summed E-state index contributed by atoms with van der Waals surface area (Å²) in [6, 6.07) is 0. The van der Waals surface area contributed by atoms with Crippen LogP contribution in [0.15, 0.2) is 5.11 Å². The van der Waals surface area contributed by atoms with Gasteiger partial charge in [0.2, 0.25) is 0 Å². The van der Waals surface area contributed by atoms with E-state index in [1.165, 1.54) is 0 Å². The molecule has 0 amide bonds. The van der Waals surface area contributed by atoms with Crippen molar-refractivity contribution in [3.63, 3.8) is 0 Å².